The second kappa shape index (κ2) is 7.84. The molecule has 120 valence electrons. The minimum atomic E-state index is 0.0419. The van der Waals surface area contributed by atoms with Crippen LogP contribution in [0.25, 0.3) is 6.08 Å². The lowest BCUT2D eigenvalue weighted by Crippen LogP contribution is -2.45. The third kappa shape index (κ3) is 4.77. The summed E-state index contributed by atoms with van der Waals surface area (Å²) in [7, 11) is 0. The van der Waals surface area contributed by atoms with E-state index >= 15 is 0 Å². The highest BCUT2D eigenvalue weighted by molar-refractivity contribution is 5.92. The molecule has 5 nitrogen and oxygen atoms in total. The van der Waals surface area contributed by atoms with E-state index in [1.54, 1.807) is 12.2 Å². The topological polar surface area (TPSA) is 67.6 Å². The van der Waals surface area contributed by atoms with E-state index in [0.717, 1.165) is 31.7 Å². The van der Waals surface area contributed by atoms with Gasteiger partial charge in [-0.05, 0) is 29.7 Å². The molecule has 1 aromatic carbocycles. The van der Waals surface area contributed by atoms with Crippen LogP contribution >= 0.6 is 0 Å². The van der Waals surface area contributed by atoms with Gasteiger partial charge in [0, 0.05) is 32.3 Å². The molecule has 1 heterocycles. The second-order valence-corrected chi connectivity index (χ2v) is 5.91. The molecule has 0 aromatic heterocycles. The van der Waals surface area contributed by atoms with Crippen LogP contribution in [0, 0.1) is 5.92 Å². The van der Waals surface area contributed by atoms with Crippen molar-refractivity contribution in [2.45, 2.75) is 13.8 Å². The van der Waals surface area contributed by atoms with Crippen LogP contribution in [0.2, 0.25) is 0 Å². The Hall–Kier alpha value is -2.01. The third-order valence-corrected chi connectivity index (χ3v) is 3.45. The summed E-state index contributed by atoms with van der Waals surface area (Å²) in [5, 5.41) is 3.23. The highest BCUT2D eigenvalue weighted by Gasteiger charge is 2.13. The molecule has 1 aliphatic rings. The number of carbonyl (C=O) groups excluding carboxylic acids is 1. The van der Waals surface area contributed by atoms with Gasteiger partial charge in [0.15, 0.2) is 0 Å². The van der Waals surface area contributed by atoms with Crippen LogP contribution in [-0.4, -0.2) is 43.6 Å². The van der Waals surface area contributed by atoms with Crippen molar-refractivity contribution in [3.05, 3.63) is 29.8 Å². The van der Waals surface area contributed by atoms with Gasteiger partial charge in [-0.2, -0.15) is 0 Å². The molecule has 1 amide bonds. The van der Waals surface area contributed by atoms with E-state index in [0.29, 0.717) is 24.0 Å². The average Bonchev–Trinajstić information content (AvgIpc) is 2.52. The first kappa shape index (κ1) is 16.4. The quantitative estimate of drug-likeness (QED) is 0.642. The van der Waals surface area contributed by atoms with E-state index in [1.807, 2.05) is 23.1 Å². The van der Waals surface area contributed by atoms with Crippen molar-refractivity contribution in [2.75, 3.05) is 38.5 Å². The summed E-state index contributed by atoms with van der Waals surface area (Å²) in [5.74, 6) is 1.19. The van der Waals surface area contributed by atoms with Crippen molar-refractivity contribution >= 4 is 17.7 Å². The molecule has 1 fully saturated rings. The molecule has 1 saturated heterocycles. The number of benzene rings is 1. The molecular formula is C17H25N3O2. The van der Waals surface area contributed by atoms with Crippen molar-refractivity contribution < 1.29 is 9.53 Å². The van der Waals surface area contributed by atoms with Crippen molar-refractivity contribution in [2.24, 2.45) is 5.92 Å². The fourth-order valence-corrected chi connectivity index (χ4v) is 2.22. The minimum Gasteiger partial charge on any atom is -0.491 e. The molecule has 0 aliphatic carbocycles. The van der Waals surface area contributed by atoms with Crippen LogP contribution in [0.15, 0.2) is 24.3 Å². The molecule has 0 saturated carbocycles. The van der Waals surface area contributed by atoms with Gasteiger partial charge >= 0.3 is 0 Å². The van der Waals surface area contributed by atoms with Crippen molar-refractivity contribution in [1.82, 2.24) is 10.2 Å². The maximum Gasteiger partial charge on any atom is 0.246 e. The Labute approximate surface area is 132 Å². The van der Waals surface area contributed by atoms with Gasteiger partial charge in [-0.3, -0.25) is 4.79 Å². The second-order valence-electron chi connectivity index (χ2n) is 5.91. The van der Waals surface area contributed by atoms with E-state index in [4.69, 9.17) is 10.5 Å². The Balaban J connectivity index is 1.96. The zero-order valence-electron chi connectivity index (χ0n) is 13.3. The van der Waals surface area contributed by atoms with Crippen LogP contribution in [0.4, 0.5) is 5.69 Å². The Morgan fingerprint density at radius 1 is 1.41 bits per heavy atom. The maximum absolute atomic E-state index is 12.1. The lowest BCUT2D eigenvalue weighted by molar-refractivity contribution is -0.126. The molecule has 0 radical (unpaired) electrons. The van der Waals surface area contributed by atoms with Gasteiger partial charge in [0.1, 0.15) is 5.75 Å². The molecule has 0 bridgehead atoms. The zero-order valence-corrected chi connectivity index (χ0v) is 13.3. The first-order valence-electron chi connectivity index (χ1n) is 7.76. The number of hydrogen-bond donors (Lipinski definition) is 2. The maximum atomic E-state index is 12.1. The molecule has 3 N–H and O–H groups in total. The van der Waals surface area contributed by atoms with Crippen LogP contribution in [0.3, 0.4) is 0 Å². The predicted molar refractivity (Wildman–Crippen MR) is 89.7 cm³/mol. The number of nitrogens with two attached hydrogens (primary N) is 1. The van der Waals surface area contributed by atoms with Gasteiger partial charge < -0.3 is 20.7 Å². The molecule has 2 rings (SSSR count). The highest BCUT2D eigenvalue weighted by Crippen LogP contribution is 2.23. The Morgan fingerprint density at radius 3 is 2.77 bits per heavy atom. The molecule has 1 aromatic rings. The number of piperazine rings is 1. The summed E-state index contributed by atoms with van der Waals surface area (Å²) in [5.41, 5.74) is 7.49. The Morgan fingerprint density at radius 2 is 2.14 bits per heavy atom. The van der Waals surface area contributed by atoms with E-state index in [-0.39, 0.29) is 5.91 Å². The molecule has 5 heteroatoms. The Bertz CT molecular complexity index is 535. The van der Waals surface area contributed by atoms with E-state index in [2.05, 4.69) is 19.2 Å². The molecule has 0 unspecified atom stereocenters. The summed E-state index contributed by atoms with van der Waals surface area (Å²) in [6.07, 6.45) is 3.40. The van der Waals surface area contributed by atoms with Gasteiger partial charge in [-0.15, -0.1) is 0 Å². The van der Waals surface area contributed by atoms with Crippen molar-refractivity contribution in [3.63, 3.8) is 0 Å². The van der Waals surface area contributed by atoms with Crippen LogP contribution in [0.5, 0.6) is 5.75 Å². The smallest absolute Gasteiger partial charge is 0.246 e. The van der Waals surface area contributed by atoms with E-state index < -0.39 is 0 Å². The van der Waals surface area contributed by atoms with E-state index in [1.165, 1.54) is 0 Å². The molecule has 0 atom stereocenters. The summed E-state index contributed by atoms with van der Waals surface area (Å²) in [4.78, 5) is 13.9. The fourth-order valence-electron chi connectivity index (χ4n) is 2.22. The van der Waals surface area contributed by atoms with Gasteiger partial charge in [0.05, 0.1) is 12.3 Å². The average molecular weight is 303 g/mol. The first-order chi connectivity index (χ1) is 10.6. The lowest BCUT2D eigenvalue weighted by Gasteiger charge is -2.26. The van der Waals surface area contributed by atoms with Crippen LogP contribution in [-0.2, 0) is 4.79 Å². The summed E-state index contributed by atoms with van der Waals surface area (Å²) >= 11 is 0. The predicted octanol–water partition coefficient (Wildman–Crippen LogP) is 1.75. The number of rotatable bonds is 5. The number of anilines is 1. The van der Waals surface area contributed by atoms with Crippen LogP contribution < -0.4 is 15.8 Å². The van der Waals surface area contributed by atoms with Gasteiger partial charge in [0.25, 0.3) is 0 Å². The Kier molecular flexibility index (Phi) is 5.83. The number of nitrogens with one attached hydrogen (secondary N) is 1. The van der Waals surface area contributed by atoms with Crippen molar-refractivity contribution in [3.8, 4) is 5.75 Å². The number of carbonyl (C=O) groups is 1. The third-order valence-electron chi connectivity index (χ3n) is 3.45. The number of hydrogen-bond acceptors (Lipinski definition) is 4. The zero-order chi connectivity index (χ0) is 15.9. The standard InChI is InChI=1S/C17H25N3O2/c1-13(2)12-22-16-5-3-14(11-15(16)18)4-6-17(21)20-9-7-19-8-10-20/h3-6,11,13,19H,7-10,12,18H2,1-2H3/b6-4-. The van der Waals surface area contributed by atoms with Crippen molar-refractivity contribution in [1.29, 1.82) is 0 Å². The van der Waals surface area contributed by atoms with Crippen LogP contribution in [0.1, 0.15) is 19.4 Å². The monoisotopic (exact) mass is 303 g/mol. The lowest BCUT2D eigenvalue weighted by atomic mass is 10.1. The summed E-state index contributed by atoms with van der Waals surface area (Å²) in [6, 6.07) is 5.59. The normalized spacial score (nSPS) is 15.5. The number of nitrogen functional groups attached to an aromatic ring is 1. The molecule has 1 aliphatic heterocycles. The molecular weight excluding hydrogens is 278 g/mol. The number of amides is 1. The summed E-state index contributed by atoms with van der Waals surface area (Å²) in [6.45, 7) is 8.05. The van der Waals surface area contributed by atoms with Gasteiger partial charge in [0.2, 0.25) is 5.91 Å². The largest absolute Gasteiger partial charge is 0.491 e. The van der Waals surface area contributed by atoms with Gasteiger partial charge in [-0.25, -0.2) is 0 Å². The molecule has 22 heavy (non-hydrogen) atoms. The number of nitrogens with zero attached hydrogens (tertiary/aromatic N) is 1. The minimum absolute atomic E-state index is 0.0419. The highest BCUT2D eigenvalue weighted by atomic mass is 16.5. The fraction of sp³-hybridized carbons (Fsp3) is 0.471. The SMILES string of the molecule is CC(C)COc1ccc(/C=C\C(=O)N2CCNCC2)cc1N. The molecule has 0 spiro atoms. The number of ether oxygens (including phenoxy) is 1. The summed E-state index contributed by atoms with van der Waals surface area (Å²) < 4.78 is 5.64. The first-order valence-corrected chi connectivity index (χ1v) is 7.76. The van der Waals surface area contributed by atoms with E-state index in [9.17, 15) is 4.79 Å². The van der Waals surface area contributed by atoms with Gasteiger partial charge in [-0.1, -0.05) is 19.9 Å².